The molecule has 0 saturated carbocycles. The second-order valence-corrected chi connectivity index (χ2v) is 6.65. The fourth-order valence-electron chi connectivity index (χ4n) is 2.91. The number of hydrogen-bond donors (Lipinski definition) is 0. The molecule has 6 heteroatoms. The number of rotatable bonds is 4. The maximum atomic E-state index is 12.9. The van der Waals surface area contributed by atoms with Gasteiger partial charge in [-0.15, -0.1) is 11.8 Å². The van der Waals surface area contributed by atoms with Crippen molar-refractivity contribution in [2.24, 2.45) is 7.05 Å². The third-order valence-corrected chi connectivity index (χ3v) is 4.75. The second kappa shape index (κ2) is 6.52. The molecule has 3 heterocycles. The summed E-state index contributed by atoms with van der Waals surface area (Å²) >= 11 is 1.65. The molecule has 1 atom stereocenters. The van der Waals surface area contributed by atoms with Crippen LogP contribution in [0.3, 0.4) is 0 Å². The van der Waals surface area contributed by atoms with Gasteiger partial charge in [-0.05, 0) is 30.7 Å². The fourth-order valence-corrected chi connectivity index (χ4v) is 3.55. The molecule has 2 aromatic rings. The van der Waals surface area contributed by atoms with Crippen LogP contribution in [-0.2, 0) is 7.05 Å². The molecule has 116 valence electrons. The molecule has 0 aromatic carbocycles. The molecule has 22 heavy (non-hydrogen) atoms. The molecule has 2 aromatic heterocycles. The molecular formula is C16H20N4OS. The molecule has 1 amide bonds. The van der Waals surface area contributed by atoms with E-state index in [4.69, 9.17) is 0 Å². The Morgan fingerprint density at radius 3 is 3.00 bits per heavy atom. The van der Waals surface area contributed by atoms with Gasteiger partial charge in [0.15, 0.2) is 0 Å². The molecule has 0 bridgehead atoms. The number of aryl methyl sites for hydroxylation is 1. The second-order valence-electron chi connectivity index (χ2n) is 5.37. The van der Waals surface area contributed by atoms with E-state index in [1.807, 2.05) is 28.8 Å². The number of carbonyl (C=O) groups is 1. The highest BCUT2D eigenvalue weighted by atomic mass is 32.2. The van der Waals surface area contributed by atoms with Crippen molar-refractivity contribution in [2.45, 2.75) is 30.8 Å². The normalized spacial score (nSPS) is 17.9. The Hall–Kier alpha value is -1.82. The van der Waals surface area contributed by atoms with Crippen molar-refractivity contribution in [3.63, 3.8) is 0 Å². The lowest BCUT2D eigenvalue weighted by molar-refractivity contribution is 0.0727. The molecule has 3 rings (SSSR count). The first-order valence-corrected chi connectivity index (χ1v) is 8.56. The van der Waals surface area contributed by atoms with Gasteiger partial charge in [0.2, 0.25) is 0 Å². The van der Waals surface area contributed by atoms with E-state index in [-0.39, 0.29) is 11.9 Å². The number of imidazole rings is 1. The molecule has 1 fully saturated rings. The summed E-state index contributed by atoms with van der Waals surface area (Å²) in [5.74, 6) is 1.98. The predicted octanol–water partition coefficient (Wildman–Crippen LogP) is 2.90. The lowest BCUT2D eigenvalue weighted by Crippen LogP contribution is -2.31. The number of carbonyl (C=O) groups excluding carboxylic acids is 1. The number of pyridine rings is 1. The monoisotopic (exact) mass is 316 g/mol. The fraction of sp³-hybridized carbons (Fsp3) is 0.438. The Balaban J connectivity index is 1.85. The molecule has 0 spiro atoms. The molecule has 1 aliphatic rings. The van der Waals surface area contributed by atoms with Gasteiger partial charge in [0, 0.05) is 37.7 Å². The number of hydrogen-bond acceptors (Lipinski definition) is 4. The average molecular weight is 316 g/mol. The maximum Gasteiger partial charge on any atom is 0.254 e. The zero-order valence-corrected chi connectivity index (χ0v) is 13.7. The summed E-state index contributed by atoms with van der Waals surface area (Å²) in [7, 11) is 1.98. The van der Waals surface area contributed by atoms with Gasteiger partial charge in [-0.25, -0.2) is 9.97 Å². The highest BCUT2D eigenvalue weighted by Crippen LogP contribution is 2.32. The predicted molar refractivity (Wildman–Crippen MR) is 86.9 cm³/mol. The summed E-state index contributed by atoms with van der Waals surface area (Å²) in [4.78, 5) is 23.5. The van der Waals surface area contributed by atoms with E-state index in [2.05, 4.69) is 16.9 Å². The van der Waals surface area contributed by atoms with Gasteiger partial charge in [-0.1, -0.05) is 6.92 Å². The summed E-state index contributed by atoms with van der Waals surface area (Å²) in [6.45, 7) is 2.87. The molecule has 1 saturated heterocycles. The lowest BCUT2D eigenvalue weighted by atomic mass is 10.2. The lowest BCUT2D eigenvalue weighted by Gasteiger charge is -2.24. The number of likely N-dealkylation sites (tertiary alicyclic amines) is 1. The number of amides is 1. The van der Waals surface area contributed by atoms with Crippen LogP contribution in [0.15, 0.2) is 35.7 Å². The number of nitrogens with zero attached hydrogens (tertiary/aromatic N) is 4. The van der Waals surface area contributed by atoms with Crippen molar-refractivity contribution in [1.82, 2.24) is 19.4 Å². The van der Waals surface area contributed by atoms with Gasteiger partial charge in [-0.2, -0.15) is 0 Å². The minimum atomic E-state index is 0.0722. The van der Waals surface area contributed by atoms with E-state index >= 15 is 0 Å². The van der Waals surface area contributed by atoms with E-state index in [0.29, 0.717) is 5.56 Å². The summed E-state index contributed by atoms with van der Waals surface area (Å²) in [5, 5.41) is 0.904. The Morgan fingerprint density at radius 2 is 2.27 bits per heavy atom. The van der Waals surface area contributed by atoms with Crippen molar-refractivity contribution in [1.29, 1.82) is 0 Å². The van der Waals surface area contributed by atoms with E-state index < -0.39 is 0 Å². The first-order chi connectivity index (χ1) is 10.7. The quantitative estimate of drug-likeness (QED) is 0.814. The highest BCUT2D eigenvalue weighted by molar-refractivity contribution is 7.99. The molecule has 0 aliphatic carbocycles. The first kappa shape index (κ1) is 15.1. The first-order valence-electron chi connectivity index (χ1n) is 7.57. The van der Waals surface area contributed by atoms with Crippen LogP contribution in [0.25, 0.3) is 0 Å². The zero-order chi connectivity index (χ0) is 15.5. The molecule has 0 unspecified atom stereocenters. The Labute approximate surface area is 134 Å². The van der Waals surface area contributed by atoms with Crippen molar-refractivity contribution < 1.29 is 4.79 Å². The maximum absolute atomic E-state index is 12.9. The number of aromatic nitrogens is 3. The average Bonchev–Trinajstić information content (AvgIpc) is 3.15. The SMILES string of the molecule is CCSc1cc(C(=O)N2CCC[C@H]2c2nccn2C)ccn1. The Bertz CT molecular complexity index is 670. The molecule has 0 radical (unpaired) electrons. The smallest absolute Gasteiger partial charge is 0.254 e. The molecule has 1 aliphatic heterocycles. The van der Waals surface area contributed by atoms with Gasteiger partial charge in [0.1, 0.15) is 5.82 Å². The topological polar surface area (TPSA) is 51.0 Å². The largest absolute Gasteiger partial charge is 0.336 e. The van der Waals surface area contributed by atoms with Crippen molar-refractivity contribution in [3.05, 3.63) is 42.1 Å². The van der Waals surface area contributed by atoms with Gasteiger partial charge in [0.25, 0.3) is 5.91 Å². The van der Waals surface area contributed by atoms with Crippen molar-refractivity contribution in [3.8, 4) is 0 Å². The van der Waals surface area contributed by atoms with Gasteiger partial charge < -0.3 is 9.47 Å². The van der Waals surface area contributed by atoms with E-state index in [9.17, 15) is 4.79 Å². The third-order valence-electron chi connectivity index (χ3n) is 3.94. The van der Waals surface area contributed by atoms with Gasteiger partial charge in [-0.3, -0.25) is 4.79 Å². The van der Waals surface area contributed by atoms with Crippen LogP contribution in [0.5, 0.6) is 0 Å². The Morgan fingerprint density at radius 1 is 1.41 bits per heavy atom. The van der Waals surface area contributed by atoms with Crippen LogP contribution in [0.4, 0.5) is 0 Å². The summed E-state index contributed by atoms with van der Waals surface area (Å²) in [6.07, 6.45) is 7.43. The standard InChI is InChI=1S/C16H20N4OS/c1-3-22-14-11-12(6-7-17-14)16(21)20-9-4-5-13(20)15-18-8-10-19(15)2/h6-8,10-11,13H,3-5,9H2,1-2H3/t13-/m0/s1. The Kier molecular flexibility index (Phi) is 4.47. The van der Waals surface area contributed by atoms with Crippen LogP contribution in [0.2, 0.25) is 0 Å². The highest BCUT2D eigenvalue weighted by Gasteiger charge is 2.32. The van der Waals surface area contributed by atoms with E-state index in [0.717, 1.165) is 36.0 Å². The minimum absolute atomic E-state index is 0.0722. The van der Waals surface area contributed by atoms with E-state index in [1.54, 1.807) is 30.2 Å². The minimum Gasteiger partial charge on any atom is -0.336 e. The van der Waals surface area contributed by atoms with Gasteiger partial charge in [0.05, 0.1) is 11.1 Å². The van der Waals surface area contributed by atoms with Crippen molar-refractivity contribution >= 4 is 17.7 Å². The molecule has 0 N–H and O–H groups in total. The summed E-state index contributed by atoms with van der Waals surface area (Å²) in [5.41, 5.74) is 0.715. The summed E-state index contributed by atoms with van der Waals surface area (Å²) < 4.78 is 2.00. The van der Waals surface area contributed by atoms with Crippen LogP contribution in [0.1, 0.15) is 42.0 Å². The van der Waals surface area contributed by atoms with Crippen LogP contribution >= 0.6 is 11.8 Å². The van der Waals surface area contributed by atoms with Gasteiger partial charge >= 0.3 is 0 Å². The molecule has 5 nitrogen and oxygen atoms in total. The van der Waals surface area contributed by atoms with Crippen LogP contribution < -0.4 is 0 Å². The molecular weight excluding hydrogens is 296 g/mol. The number of thioether (sulfide) groups is 1. The third kappa shape index (κ3) is 2.88. The van der Waals surface area contributed by atoms with Crippen LogP contribution in [0, 0.1) is 0 Å². The van der Waals surface area contributed by atoms with E-state index in [1.165, 1.54) is 0 Å². The summed E-state index contributed by atoms with van der Waals surface area (Å²) in [6, 6.07) is 3.77. The van der Waals surface area contributed by atoms with Crippen LogP contribution in [-0.4, -0.2) is 37.6 Å². The van der Waals surface area contributed by atoms with Crippen molar-refractivity contribution in [2.75, 3.05) is 12.3 Å². The zero-order valence-electron chi connectivity index (χ0n) is 12.9.